The molecule has 4 N–H and O–H groups in total. The summed E-state index contributed by atoms with van der Waals surface area (Å²) in [6.07, 6.45) is -8.09. The topological polar surface area (TPSA) is 140 Å². The SMILES string of the molecule is NC(=CC=NCC1CC1)C1=C(n2nn[nH]c2=O)C(=O)N[C@@](c2ccc(OCCCC(F)(F)F)cc2F)(C(F)(F)F)C1. The number of halogens is 7. The number of ether oxygens (including phenoxy) is 1. The smallest absolute Gasteiger partial charge is 0.416 e. The number of aliphatic imine (C=N–C) groups is 1. The second kappa shape index (κ2) is 11.4. The van der Waals surface area contributed by atoms with Crippen molar-refractivity contribution < 1.29 is 40.3 Å². The predicted molar refractivity (Wildman–Crippen MR) is 130 cm³/mol. The lowest BCUT2D eigenvalue weighted by molar-refractivity contribution is -0.203. The summed E-state index contributed by atoms with van der Waals surface area (Å²) in [6, 6.07) is 2.23. The standard InChI is InChI=1S/C24H24F7N7O3/c25-17-10-14(41-9-1-7-23(26,27)28)4-5-16(17)22(24(29,30)31)11-15(18(32)6-8-33-12-13-2-3-13)19(20(39)34-22)38-21(40)35-36-37-38/h4-6,8,10,13H,1-3,7,9,11-12,32H2,(H,34,39)(H,35,37,40)/t22-/m0/s1. The average Bonchev–Trinajstić information content (AvgIpc) is 3.61. The maximum absolute atomic E-state index is 15.3. The number of H-pyrrole nitrogens is 1. The van der Waals surface area contributed by atoms with E-state index < -0.39 is 78.0 Å². The number of nitrogens with one attached hydrogen (secondary N) is 2. The van der Waals surface area contributed by atoms with Crippen molar-refractivity contribution in [1.82, 2.24) is 25.5 Å². The van der Waals surface area contributed by atoms with Crippen LogP contribution in [0.3, 0.4) is 0 Å². The zero-order chi connectivity index (χ0) is 30.0. The summed E-state index contributed by atoms with van der Waals surface area (Å²) in [6.45, 7) is 0.00696. The average molecular weight is 591 g/mol. The van der Waals surface area contributed by atoms with Gasteiger partial charge in [0.2, 0.25) is 0 Å². The second-order valence-electron chi connectivity index (χ2n) is 9.57. The van der Waals surface area contributed by atoms with Crippen molar-refractivity contribution in [2.75, 3.05) is 13.2 Å². The van der Waals surface area contributed by atoms with Crippen molar-refractivity contribution >= 4 is 17.8 Å². The number of nitrogens with two attached hydrogens (primary N) is 1. The van der Waals surface area contributed by atoms with Crippen LogP contribution in [0.25, 0.3) is 5.70 Å². The first kappa shape index (κ1) is 29.8. The molecule has 1 aromatic carbocycles. The summed E-state index contributed by atoms with van der Waals surface area (Å²) in [4.78, 5) is 29.5. The number of allylic oxidation sites excluding steroid dienone is 2. The highest BCUT2D eigenvalue weighted by molar-refractivity contribution is 6.16. The van der Waals surface area contributed by atoms with Gasteiger partial charge in [-0.05, 0) is 53.8 Å². The highest BCUT2D eigenvalue weighted by Crippen LogP contribution is 2.48. The van der Waals surface area contributed by atoms with Gasteiger partial charge in [-0.3, -0.25) is 9.79 Å². The molecule has 41 heavy (non-hydrogen) atoms. The van der Waals surface area contributed by atoms with Gasteiger partial charge < -0.3 is 15.8 Å². The molecule has 2 heterocycles. The highest BCUT2D eigenvalue weighted by atomic mass is 19.4. The van der Waals surface area contributed by atoms with Gasteiger partial charge in [0.15, 0.2) is 5.54 Å². The van der Waals surface area contributed by atoms with Gasteiger partial charge in [0.25, 0.3) is 5.91 Å². The molecule has 17 heteroatoms. The van der Waals surface area contributed by atoms with Crippen LogP contribution in [0.4, 0.5) is 30.7 Å². The van der Waals surface area contributed by atoms with E-state index in [9.17, 15) is 35.9 Å². The van der Waals surface area contributed by atoms with Crippen LogP contribution >= 0.6 is 0 Å². The summed E-state index contributed by atoms with van der Waals surface area (Å²) < 4.78 is 102. The van der Waals surface area contributed by atoms with Crippen molar-refractivity contribution in [1.29, 1.82) is 0 Å². The minimum Gasteiger partial charge on any atom is -0.493 e. The van der Waals surface area contributed by atoms with Crippen LogP contribution < -0.4 is 21.5 Å². The van der Waals surface area contributed by atoms with Gasteiger partial charge in [-0.1, -0.05) is 0 Å². The molecule has 1 aliphatic heterocycles. The van der Waals surface area contributed by atoms with Crippen molar-refractivity contribution in [2.45, 2.75) is 50.0 Å². The molecule has 1 amide bonds. The zero-order valence-corrected chi connectivity index (χ0v) is 21.2. The molecule has 2 aromatic rings. The van der Waals surface area contributed by atoms with E-state index in [1.807, 2.05) is 5.10 Å². The fourth-order valence-corrected chi connectivity index (χ4v) is 4.21. The number of carbonyl (C=O) groups excluding carboxylic acids is 1. The minimum atomic E-state index is -5.30. The first-order chi connectivity index (χ1) is 19.2. The Kier molecular flexibility index (Phi) is 8.26. The lowest BCUT2D eigenvalue weighted by Gasteiger charge is -2.41. The molecule has 0 saturated heterocycles. The third-order valence-electron chi connectivity index (χ3n) is 6.48. The number of carbonyl (C=O) groups is 1. The summed E-state index contributed by atoms with van der Waals surface area (Å²) in [5.74, 6) is -2.81. The number of amides is 1. The zero-order valence-electron chi connectivity index (χ0n) is 21.2. The van der Waals surface area contributed by atoms with Gasteiger partial charge in [0, 0.05) is 48.5 Å². The molecular formula is C24H24F7N7O3. The van der Waals surface area contributed by atoms with E-state index in [0.717, 1.165) is 25.0 Å². The minimum absolute atomic E-state index is 0.315. The molecule has 222 valence electrons. The monoisotopic (exact) mass is 591 g/mol. The van der Waals surface area contributed by atoms with E-state index in [0.29, 0.717) is 29.3 Å². The molecule has 2 aliphatic rings. The number of hydrogen-bond donors (Lipinski definition) is 3. The van der Waals surface area contributed by atoms with E-state index in [1.165, 1.54) is 6.21 Å². The van der Waals surface area contributed by atoms with Gasteiger partial charge in [0.05, 0.1) is 6.61 Å². The number of alkyl halides is 6. The number of nitrogens with zero attached hydrogens (tertiary/aromatic N) is 4. The third kappa shape index (κ3) is 6.77. The van der Waals surface area contributed by atoms with E-state index >= 15 is 4.39 Å². The third-order valence-corrected chi connectivity index (χ3v) is 6.48. The maximum Gasteiger partial charge on any atom is 0.416 e. The molecular weight excluding hydrogens is 567 g/mol. The van der Waals surface area contributed by atoms with Gasteiger partial charge in [-0.15, -0.1) is 0 Å². The number of tetrazole rings is 1. The second-order valence-corrected chi connectivity index (χ2v) is 9.57. The Balaban J connectivity index is 1.73. The summed E-state index contributed by atoms with van der Waals surface area (Å²) >= 11 is 0. The van der Waals surface area contributed by atoms with Crippen LogP contribution in [0, 0.1) is 11.7 Å². The first-order valence-electron chi connectivity index (χ1n) is 12.3. The Bertz CT molecular complexity index is 1440. The largest absolute Gasteiger partial charge is 0.493 e. The van der Waals surface area contributed by atoms with E-state index in [2.05, 4.69) is 15.4 Å². The molecule has 1 fully saturated rings. The molecule has 1 saturated carbocycles. The normalized spacial score (nSPS) is 20.6. The molecule has 10 nitrogen and oxygen atoms in total. The predicted octanol–water partition coefficient (Wildman–Crippen LogP) is 3.34. The van der Waals surface area contributed by atoms with E-state index in [-0.39, 0.29) is 11.4 Å². The van der Waals surface area contributed by atoms with E-state index in [1.54, 1.807) is 5.32 Å². The molecule has 0 unspecified atom stereocenters. The van der Waals surface area contributed by atoms with Crippen molar-refractivity contribution in [2.24, 2.45) is 16.6 Å². The Morgan fingerprint density at radius 1 is 1.22 bits per heavy atom. The first-order valence-corrected chi connectivity index (χ1v) is 12.3. The lowest BCUT2D eigenvalue weighted by atomic mass is 9.78. The number of rotatable bonds is 10. The molecule has 1 atom stereocenters. The van der Waals surface area contributed by atoms with Crippen LogP contribution in [0.1, 0.15) is 37.7 Å². The Morgan fingerprint density at radius 2 is 1.95 bits per heavy atom. The molecule has 1 aliphatic carbocycles. The van der Waals surface area contributed by atoms with Gasteiger partial charge >= 0.3 is 18.0 Å². The number of benzene rings is 1. The Morgan fingerprint density at radius 3 is 2.54 bits per heavy atom. The van der Waals surface area contributed by atoms with Crippen LogP contribution in [-0.4, -0.2) is 57.8 Å². The van der Waals surface area contributed by atoms with Gasteiger partial charge in [0.1, 0.15) is 17.3 Å². The quantitative estimate of drug-likeness (QED) is 0.220. The molecule has 0 bridgehead atoms. The van der Waals surface area contributed by atoms with E-state index in [4.69, 9.17) is 10.5 Å². The maximum atomic E-state index is 15.3. The van der Waals surface area contributed by atoms with Crippen LogP contribution in [0.2, 0.25) is 0 Å². The Labute approximate surface area is 227 Å². The molecule has 0 spiro atoms. The number of hydrogen-bond acceptors (Lipinski definition) is 7. The lowest BCUT2D eigenvalue weighted by Crippen LogP contribution is -2.60. The van der Waals surface area contributed by atoms with Crippen molar-refractivity contribution in [3.05, 3.63) is 57.4 Å². The summed E-state index contributed by atoms with van der Waals surface area (Å²) in [5.41, 5.74) is -0.820. The summed E-state index contributed by atoms with van der Waals surface area (Å²) in [5, 5.41) is 10.4. The highest BCUT2D eigenvalue weighted by Gasteiger charge is 2.61. The fraction of sp³-hybridized carbons (Fsp3) is 0.458. The van der Waals surface area contributed by atoms with Crippen molar-refractivity contribution in [3.63, 3.8) is 0 Å². The molecule has 0 radical (unpaired) electrons. The Hall–Kier alpha value is -4.18. The van der Waals surface area contributed by atoms with Crippen molar-refractivity contribution in [3.8, 4) is 5.75 Å². The van der Waals surface area contributed by atoms with Gasteiger partial charge in [-0.2, -0.15) is 31.0 Å². The molecule has 1 aromatic heterocycles. The molecule has 4 rings (SSSR count). The number of aromatic nitrogens is 4. The van der Waals surface area contributed by atoms with Crippen LogP contribution in [0.15, 0.2) is 45.3 Å². The summed E-state index contributed by atoms with van der Waals surface area (Å²) in [7, 11) is 0. The van der Waals surface area contributed by atoms with Gasteiger partial charge in [-0.25, -0.2) is 14.3 Å². The van der Waals surface area contributed by atoms with Crippen LogP contribution in [0.5, 0.6) is 5.75 Å². The number of aromatic amines is 1. The van der Waals surface area contributed by atoms with Crippen LogP contribution in [-0.2, 0) is 10.3 Å². The fourth-order valence-electron chi connectivity index (χ4n) is 4.21.